The van der Waals surface area contributed by atoms with E-state index in [2.05, 4.69) is 27.7 Å². The van der Waals surface area contributed by atoms with Crippen LogP contribution in [0.2, 0.25) is 0 Å². The van der Waals surface area contributed by atoms with E-state index in [1.54, 1.807) is 0 Å². The maximum atomic E-state index is 14.3. The van der Waals surface area contributed by atoms with E-state index in [0.717, 1.165) is 23.1 Å². The average Bonchev–Trinajstić information content (AvgIpc) is 2.52. The predicted molar refractivity (Wildman–Crippen MR) is 117 cm³/mol. The number of aryl methyl sites for hydroxylation is 3. The van der Waals surface area contributed by atoms with Crippen LogP contribution in [0, 0.1) is 32.1 Å². The molecular formula is C24H33O2P. The Balaban J connectivity index is 2.54. The lowest BCUT2D eigenvalue weighted by molar-refractivity contribution is 0.107. The minimum absolute atomic E-state index is 0.139. The van der Waals surface area contributed by atoms with E-state index in [-0.39, 0.29) is 16.9 Å². The van der Waals surface area contributed by atoms with Gasteiger partial charge in [0.05, 0.1) is 0 Å². The summed E-state index contributed by atoms with van der Waals surface area (Å²) in [6.45, 7) is 14.6. The molecule has 0 aliphatic heterocycles. The summed E-state index contributed by atoms with van der Waals surface area (Å²) in [5.41, 5.74) is 3.53. The van der Waals surface area contributed by atoms with Crippen molar-refractivity contribution in [2.45, 2.75) is 54.9 Å². The minimum Gasteiger partial charge on any atom is -0.310 e. The molecule has 0 fully saturated rings. The molecule has 0 N–H and O–H groups in total. The Morgan fingerprint density at radius 1 is 1.00 bits per heavy atom. The van der Waals surface area contributed by atoms with Crippen molar-refractivity contribution in [3.8, 4) is 0 Å². The van der Waals surface area contributed by atoms with Gasteiger partial charge in [-0.15, -0.1) is 0 Å². The lowest BCUT2D eigenvalue weighted by atomic mass is 9.86. The Hall–Kier alpha value is -1.66. The maximum Gasteiger partial charge on any atom is 0.226 e. The number of carbonyl (C=O) groups excluding carboxylic acids is 1. The quantitative estimate of drug-likeness (QED) is 0.532. The van der Waals surface area contributed by atoms with Crippen LogP contribution in [-0.2, 0) is 4.57 Å². The van der Waals surface area contributed by atoms with Crippen LogP contribution in [0.1, 0.15) is 61.2 Å². The molecule has 0 aromatic heterocycles. The molecule has 0 aliphatic rings. The Kier molecular flexibility index (Phi) is 6.53. The fraction of sp³-hybridized carbons (Fsp3) is 0.458. The molecule has 0 aliphatic carbocycles. The largest absolute Gasteiger partial charge is 0.310 e. The van der Waals surface area contributed by atoms with Gasteiger partial charge in [-0.3, -0.25) is 4.79 Å². The highest BCUT2D eigenvalue weighted by Crippen LogP contribution is 2.51. The van der Waals surface area contributed by atoms with Crippen molar-refractivity contribution in [2.75, 3.05) is 6.16 Å². The van der Waals surface area contributed by atoms with Crippen molar-refractivity contribution in [2.24, 2.45) is 11.3 Å². The fourth-order valence-electron chi connectivity index (χ4n) is 4.22. The van der Waals surface area contributed by atoms with Crippen LogP contribution in [0.15, 0.2) is 42.5 Å². The van der Waals surface area contributed by atoms with Gasteiger partial charge in [0, 0.05) is 17.0 Å². The Bertz CT molecular complexity index is 837. The average molecular weight is 385 g/mol. The summed E-state index contributed by atoms with van der Waals surface area (Å²) in [6.07, 6.45) is 1.35. The molecule has 0 amide bonds. The number of rotatable bonds is 6. The van der Waals surface area contributed by atoms with E-state index in [1.165, 1.54) is 0 Å². The van der Waals surface area contributed by atoms with E-state index >= 15 is 0 Å². The topological polar surface area (TPSA) is 34.1 Å². The third-order valence-corrected chi connectivity index (χ3v) is 8.07. The minimum atomic E-state index is -3.23. The Labute approximate surface area is 164 Å². The van der Waals surface area contributed by atoms with Crippen molar-refractivity contribution in [3.63, 3.8) is 0 Å². The first-order valence-corrected chi connectivity index (χ1v) is 11.6. The van der Waals surface area contributed by atoms with Crippen molar-refractivity contribution in [1.29, 1.82) is 0 Å². The summed E-state index contributed by atoms with van der Waals surface area (Å²) in [4.78, 5) is 13.7. The standard InChI is InChI=1S/C24H33O2P/c1-17-13-19(3)22(20(4)14-17)23(25)27(26,21-11-9-8-10-12-21)16-18(2)15-24(5,6)7/h8-14,18H,15-16H2,1-7H3. The van der Waals surface area contributed by atoms with Gasteiger partial charge in [0.15, 0.2) is 7.14 Å². The summed E-state index contributed by atoms with van der Waals surface area (Å²) in [6, 6.07) is 13.4. The van der Waals surface area contributed by atoms with Gasteiger partial charge in [-0.05, 0) is 49.7 Å². The Morgan fingerprint density at radius 2 is 1.52 bits per heavy atom. The summed E-state index contributed by atoms with van der Waals surface area (Å²) in [5, 5.41) is 0.676. The predicted octanol–water partition coefficient (Wildman–Crippen LogP) is 6.51. The molecule has 3 heteroatoms. The second-order valence-electron chi connectivity index (χ2n) is 9.21. The second-order valence-corrected chi connectivity index (χ2v) is 12.0. The van der Waals surface area contributed by atoms with Crippen molar-refractivity contribution in [1.82, 2.24) is 0 Å². The first kappa shape index (κ1) is 21.6. The van der Waals surface area contributed by atoms with E-state index < -0.39 is 7.14 Å². The van der Waals surface area contributed by atoms with Crippen LogP contribution in [0.4, 0.5) is 0 Å². The van der Waals surface area contributed by atoms with Gasteiger partial charge in [-0.2, -0.15) is 0 Å². The maximum absolute atomic E-state index is 14.3. The highest BCUT2D eigenvalue weighted by Gasteiger charge is 2.38. The zero-order valence-electron chi connectivity index (χ0n) is 17.8. The third kappa shape index (κ3) is 5.20. The van der Waals surface area contributed by atoms with Gasteiger partial charge in [0.1, 0.15) is 0 Å². The fourth-order valence-corrected chi connectivity index (χ4v) is 7.21. The molecule has 2 aromatic carbocycles. The molecular weight excluding hydrogens is 351 g/mol. The lowest BCUT2D eigenvalue weighted by Crippen LogP contribution is -2.22. The molecule has 2 aromatic rings. The first-order valence-electron chi connectivity index (χ1n) is 9.71. The van der Waals surface area contributed by atoms with E-state index in [9.17, 15) is 9.36 Å². The zero-order valence-corrected chi connectivity index (χ0v) is 18.7. The van der Waals surface area contributed by atoms with Crippen LogP contribution in [0.5, 0.6) is 0 Å². The highest BCUT2D eigenvalue weighted by molar-refractivity contribution is 7.87. The molecule has 0 bridgehead atoms. The summed E-state index contributed by atoms with van der Waals surface area (Å²) >= 11 is 0. The van der Waals surface area contributed by atoms with Crippen molar-refractivity contribution in [3.05, 3.63) is 64.7 Å². The SMILES string of the molecule is Cc1cc(C)c(C(=O)P(=O)(CC(C)CC(C)(C)C)c2ccccc2)c(C)c1. The van der Waals surface area contributed by atoms with Gasteiger partial charge in [-0.25, -0.2) is 0 Å². The molecule has 0 heterocycles. The van der Waals surface area contributed by atoms with E-state index in [4.69, 9.17) is 0 Å². The van der Waals surface area contributed by atoms with Gasteiger partial charge < -0.3 is 4.57 Å². The number of hydrogen-bond acceptors (Lipinski definition) is 2. The van der Waals surface area contributed by atoms with Crippen LogP contribution >= 0.6 is 7.14 Å². The lowest BCUT2D eigenvalue weighted by Gasteiger charge is -2.27. The molecule has 2 rings (SSSR count). The Morgan fingerprint density at radius 3 is 2.00 bits per heavy atom. The van der Waals surface area contributed by atoms with E-state index in [0.29, 0.717) is 17.0 Å². The zero-order chi connectivity index (χ0) is 20.4. The summed E-state index contributed by atoms with van der Waals surface area (Å²) in [5.74, 6) is 0.200. The summed E-state index contributed by atoms with van der Waals surface area (Å²) < 4.78 is 14.3. The van der Waals surface area contributed by atoms with Crippen LogP contribution in [0.3, 0.4) is 0 Å². The van der Waals surface area contributed by atoms with Gasteiger partial charge in [0.2, 0.25) is 5.52 Å². The first-order chi connectivity index (χ1) is 12.4. The number of benzene rings is 2. The van der Waals surface area contributed by atoms with Crippen LogP contribution in [-0.4, -0.2) is 11.7 Å². The highest BCUT2D eigenvalue weighted by atomic mass is 31.2. The van der Waals surface area contributed by atoms with E-state index in [1.807, 2.05) is 63.2 Å². The van der Waals surface area contributed by atoms with Crippen molar-refractivity contribution < 1.29 is 9.36 Å². The number of carbonyl (C=O) groups is 1. The van der Waals surface area contributed by atoms with Crippen LogP contribution < -0.4 is 5.30 Å². The van der Waals surface area contributed by atoms with Crippen LogP contribution in [0.25, 0.3) is 0 Å². The van der Waals surface area contributed by atoms with Gasteiger partial charge >= 0.3 is 0 Å². The third-order valence-electron chi connectivity index (χ3n) is 4.92. The normalized spacial score (nSPS) is 15.2. The molecule has 2 unspecified atom stereocenters. The van der Waals surface area contributed by atoms with Gasteiger partial charge in [0.25, 0.3) is 0 Å². The molecule has 0 saturated heterocycles. The van der Waals surface area contributed by atoms with Gasteiger partial charge in [-0.1, -0.05) is 75.7 Å². The number of hydrogen-bond donors (Lipinski definition) is 0. The molecule has 0 radical (unpaired) electrons. The molecule has 146 valence electrons. The molecule has 2 atom stereocenters. The van der Waals surface area contributed by atoms with Crippen molar-refractivity contribution >= 4 is 18.0 Å². The second kappa shape index (κ2) is 8.15. The molecule has 2 nitrogen and oxygen atoms in total. The smallest absolute Gasteiger partial charge is 0.226 e. The summed E-state index contributed by atoms with van der Waals surface area (Å²) in [7, 11) is -3.23. The monoisotopic (exact) mass is 384 g/mol. The molecule has 0 saturated carbocycles. The molecule has 27 heavy (non-hydrogen) atoms. The molecule has 0 spiro atoms.